The Balaban J connectivity index is 2.21. The van der Waals surface area contributed by atoms with E-state index in [0.29, 0.717) is 12.2 Å². The van der Waals surface area contributed by atoms with Crippen molar-refractivity contribution in [2.75, 3.05) is 26.2 Å². The molecule has 1 amide bonds. The summed E-state index contributed by atoms with van der Waals surface area (Å²) < 4.78 is 1.52. The first-order valence-corrected chi connectivity index (χ1v) is 6.04. The number of aryl methyl sites for hydroxylation is 1. The van der Waals surface area contributed by atoms with Gasteiger partial charge in [-0.1, -0.05) is 19.1 Å². The molecule has 1 rings (SSSR count). The largest absolute Gasteiger partial charge is 0.351 e. The molecule has 1 aromatic heterocycles. The molecule has 17 heavy (non-hydrogen) atoms. The molecule has 0 aliphatic carbocycles. The molecule has 6 nitrogen and oxygen atoms in total. The van der Waals surface area contributed by atoms with Crippen LogP contribution in [0, 0.1) is 0 Å². The van der Waals surface area contributed by atoms with Crippen LogP contribution in [0.1, 0.15) is 30.8 Å². The molecule has 6 heteroatoms. The molecule has 0 aliphatic rings. The Bertz CT molecular complexity index is 345. The third kappa shape index (κ3) is 4.52. The van der Waals surface area contributed by atoms with Crippen molar-refractivity contribution < 1.29 is 4.79 Å². The molecular weight excluding hydrogens is 218 g/mol. The maximum absolute atomic E-state index is 11.6. The van der Waals surface area contributed by atoms with Crippen LogP contribution < -0.4 is 5.32 Å². The summed E-state index contributed by atoms with van der Waals surface area (Å²) >= 11 is 0. The number of carbonyl (C=O) groups excluding carboxylic acids is 1. The molecule has 0 spiro atoms. The second-order valence-corrected chi connectivity index (χ2v) is 3.91. The van der Waals surface area contributed by atoms with Crippen LogP contribution in [0.15, 0.2) is 6.20 Å². The van der Waals surface area contributed by atoms with Crippen molar-refractivity contribution in [1.29, 1.82) is 0 Å². The molecule has 1 N–H and O–H groups in total. The van der Waals surface area contributed by atoms with Gasteiger partial charge < -0.3 is 10.2 Å². The zero-order chi connectivity index (χ0) is 12.7. The van der Waals surface area contributed by atoms with Crippen molar-refractivity contribution in [2.45, 2.75) is 20.3 Å². The molecule has 0 unspecified atom stereocenters. The Morgan fingerprint density at radius 2 is 2.18 bits per heavy atom. The number of aromatic nitrogens is 3. The quantitative estimate of drug-likeness (QED) is 0.694. The Kier molecular flexibility index (Phi) is 5.62. The Morgan fingerprint density at radius 1 is 1.47 bits per heavy atom. The van der Waals surface area contributed by atoms with Gasteiger partial charge in [0.1, 0.15) is 0 Å². The van der Waals surface area contributed by atoms with E-state index >= 15 is 0 Å². The lowest BCUT2D eigenvalue weighted by atomic mass is 10.3. The topological polar surface area (TPSA) is 63.1 Å². The lowest BCUT2D eigenvalue weighted by Crippen LogP contribution is -2.30. The van der Waals surface area contributed by atoms with Crippen LogP contribution in [-0.2, 0) is 7.05 Å². The van der Waals surface area contributed by atoms with Crippen molar-refractivity contribution in [1.82, 2.24) is 25.2 Å². The lowest BCUT2D eigenvalue weighted by Gasteiger charge is -2.17. The van der Waals surface area contributed by atoms with Gasteiger partial charge in [-0.25, -0.2) is 0 Å². The van der Waals surface area contributed by atoms with E-state index in [-0.39, 0.29) is 5.91 Å². The van der Waals surface area contributed by atoms with E-state index in [9.17, 15) is 4.79 Å². The van der Waals surface area contributed by atoms with Crippen LogP contribution in [0.4, 0.5) is 0 Å². The van der Waals surface area contributed by atoms with E-state index in [1.165, 1.54) is 4.68 Å². The number of hydrogen-bond acceptors (Lipinski definition) is 4. The maximum Gasteiger partial charge on any atom is 0.273 e. The molecular formula is C11H21N5O. The first kappa shape index (κ1) is 13.6. The molecule has 1 aromatic rings. The third-order valence-electron chi connectivity index (χ3n) is 2.67. The molecule has 96 valence electrons. The normalized spacial score (nSPS) is 10.8. The monoisotopic (exact) mass is 239 g/mol. The number of rotatable bonds is 7. The predicted octanol–water partition coefficient (Wildman–Crippen LogP) is 0.277. The SMILES string of the molecule is CCN(CC)CCCNC(=O)c1cn(C)nn1. The van der Waals surface area contributed by atoms with Gasteiger partial charge in [-0.3, -0.25) is 9.48 Å². The summed E-state index contributed by atoms with van der Waals surface area (Å²) in [6, 6.07) is 0. The van der Waals surface area contributed by atoms with Gasteiger partial charge in [0, 0.05) is 13.6 Å². The van der Waals surface area contributed by atoms with Crippen molar-refractivity contribution >= 4 is 5.91 Å². The van der Waals surface area contributed by atoms with Crippen LogP contribution in [0.2, 0.25) is 0 Å². The van der Waals surface area contributed by atoms with Crippen molar-refractivity contribution in [3.63, 3.8) is 0 Å². The molecule has 0 radical (unpaired) electrons. The minimum absolute atomic E-state index is 0.155. The van der Waals surface area contributed by atoms with E-state index in [1.807, 2.05) is 0 Å². The van der Waals surface area contributed by atoms with E-state index < -0.39 is 0 Å². The number of nitrogens with one attached hydrogen (secondary N) is 1. The summed E-state index contributed by atoms with van der Waals surface area (Å²) in [7, 11) is 1.74. The van der Waals surface area contributed by atoms with Gasteiger partial charge in [0.15, 0.2) is 5.69 Å². The van der Waals surface area contributed by atoms with Gasteiger partial charge >= 0.3 is 0 Å². The summed E-state index contributed by atoms with van der Waals surface area (Å²) in [6.45, 7) is 8.06. The highest BCUT2D eigenvalue weighted by Crippen LogP contribution is 1.92. The zero-order valence-electron chi connectivity index (χ0n) is 10.8. The van der Waals surface area contributed by atoms with Crippen LogP contribution in [-0.4, -0.2) is 52.0 Å². The fraction of sp³-hybridized carbons (Fsp3) is 0.727. The summed E-state index contributed by atoms with van der Waals surface area (Å²) in [5.41, 5.74) is 0.371. The zero-order valence-corrected chi connectivity index (χ0v) is 10.8. The second-order valence-electron chi connectivity index (χ2n) is 3.91. The average molecular weight is 239 g/mol. The van der Waals surface area contributed by atoms with Gasteiger partial charge in [-0.05, 0) is 26.1 Å². The second kappa shape index (κ2) is 7.01. The summed E-state index contributed by atoms with van der Waals surface area (Å²) in [5.74, 6) is -0.155. The Morgan fingerprint density at radius 3 is 2.71 bits per heavy atom. The third-order valence-corrected chi connectivity index (χ3v) is 2.67. The van der Waals surface area contributed by atoms with Crippen LogP contribution in [0.3, 0.4) is 0 Å². The van der Waals surface area contributed by atoms with Crippen molar-refractivity contribution in [3.05, 3.63) is 11.9 Å². The number of nitrogens with zero attached hydrogens (tertiary/aromatic N) is 4. The molecule has 0 atom stereocenters. The summed E-state index contributed by atoms with van der Waals surface area (Å²) in [5, 5.41) is 10.3. The van der Waals surface area contributed by atoms with Gasteiger partial charge in [0.05, 0.1) is 6.20 Å². The fourth-order valence-corrected chi connectivity index (χ4v) is 1.59. The highest BCUT2D eigenvalue weighted by molar-refractivity contribution is 5.91. The molecule has 0 saturated carbocycles. The summed E-state index contributed by atoms with van der Waals surface area (Å²) in [4.78, 5) is 13.9. The minimum Gasteiger partial charge on any atom is -0.351 e. The highest BCUT2D eigenvalue weighted by Gasteiger charge is 2.08. The van der Waals surface area contributed by atoms with Gasteiger partial charge in [-0.15, -0.1) is 5.10 Å². The molecule has 0 saturated heterocycles. The average Bonchev–Trinajstić information content (AvgIpc) is 2.76. The number of carbonyl (C=O) groups is 1. The Labute approximate surface area is 102 Å². The first-order valence-electron chi connectivity index (χ1n) is 6.04. The predicted molar refractivity (Wildman–Crippen MR) is 65.7 cm³/mol. The van der Waals surface area contributed by atoms with Gasteiger partial charge in [0.2, 0.25) is 0 Å². The standard InChI is InChI=1S/C11H21N5O/c1-4-16(5-2)8-6-7-12-11(17)10-9-15(3)14-13-10/h9H,4-8H2,1-3H3,(H,12,17). The van der Waals surface area contributed by atoms with Gasteiger partial charge in [0.25, 0.3) is 5.91 Å². The van der Waals surface area contributed by atoms with E-state index in [2.05, 4.69) is 34.4 Å². The van der Waals surface area contributed by atoms with Crippen molar-refractivity contribution in [3.8, 4) is 0 Å². The minimum atomic E-state index is -0.155. The van der Waals surface area contributed by atoms with Crippen molar-refractivity contribution in [2.24, 2.45) is 7.05 Å². The maximum atomic E-state index is 11.6. The molecule has 0 aliphatic heterocycles. The van der Waals surface area contributed by atoms with E-state index in [0.717, 1.165) is 26.1 Å². The first-order chi connectivity index (χ1) is 8.17. The van der Waals surface area contributed by atoms with E-state index in [4.69, 9.17) is 0 Å². The highest BCUT2D eigenvalue weighted by atomic mass is 16.2. The summed E-state index contributed by atoms with van der Waals surface area (Å²) in [6.07, 6.45) is 2.56. The van der Waals surface area contributed by atoms with E-state index in [1.54, 1.807) is 13.2 Å². The van der Waals surface area contributed by atoms with Crippen LogP contribution >= 0.6 is 0 Å². The fourth-order valence-electron chi connectivity index (χ4n) is 1.59. The smallest absolute Gasteiger partial charge is 0.273 e. The molecule has 1 heterocycles. The number of amides is 1. The molecule has 0 aromatic carbocycles. The molecule has 0 bridgehead atoms. The molecule has 0 fully saturated rings. The van der Waals surface area contributed by atoms with Gasteiger partial charge in [-0.2, -0.15) is 0 Å². The number of hydrogen-bond donors (Lipinski definition) is 1. The van der Waals surface area contributed by atoms with Crippen LogP contribution in [0.25, 0.3) is 0 Å². The Hall–Kier alpha value is -1.43. The lowest BCUT2D eigenvalue weighted by molar-refractivity contribution is 0.0946. The van der Waals surface area contributed by atoms with Crippen LogP contribution in [0.5, 0.6) is 0 Å².